The second-order valence-corrected chi connectivity index (χ2v) is 13.2. The van der Waals surface area contributed by atoms with Crippen molar-refractivity contribution < 1.29 is 0 Å². The summed E-state index contributed by atoms with van der Waals surface area (Å²) >= 11 is 0. The highest BCUT2D eigenvalue weighted by molar-refractivity contribution is 6.88. The fraction of sp³-hybridized carbons (Fsp3) is 0.115. The van der Waals surface area contributed by atoms with E-state index in [1.165, 1.54) is 33.1 Å². The van der Waals surface area contributed by atoms with Gasteiger partial charge in [0.2, 0.25) is 0 Å². The fourth-order valence-corrected chi connectivity index (χ4v) is 4.52. The first-order valence-electron chi connectivity index (χ1n) is 9.75. The highest BCUT2D eigenvalue weighted by Gasteiger charge is 2.18. The molecule has 0 atom stereocenters. The molecule has 0 aliphatic rings. The maximum Gasteiger partial charge on any atom is 0.101 e. The van der Waals surface area contributed by atoms with Crippen molar-refractivity contribution in [3.05, 3.63) is 97.1 Å². The van der Waals surface area contributed by atoms with Crippen LogP contribution < -0.4 is 5.32 Å². The van der Waals surface area contributed by atoms with E-state index in [-0.39, 0.29) is 0 Å². The van der Waals surface area contributed by atoms with Crippen LogP contribution >= 0.6 is 0 Å². The molecule has 1 nitrogen and oxygen atoms in total. The summed E-state index contributed by atoms with van der Waals surface area (Å²) in [5.41, 5.74) is 7.18. The molecule has 1 heterocycles. The maximum absolute atomic E-state index is 4.99. The summed E-state index contributed by atoms with van der Waals surface area (Å²) in [6.45, 7) is 7.02. The van der Waals surface area contributed by atoms with Gasteiger partial charge in [-0.25, -0.2) is 0 Å². The molecule has 28 heavy (non-hydrogen) atoms. The van der Waals surface area contributed by atoms with E-state index in [2.05, 4.69) is 117 Å². The van der Waals surface area contributed by atoms with E-state index in [1.807, 2.05) is 0 Å². The predicted octanol–water partition coefficient (Wildman–Crippen LogP) is 6.63. The molecule has 138 valence electrons. The molecule has 0 saturated carbocycles. The molecule has 0 N–H and O–H groups in total. The molecule has 0 spiro atoms. The van der Waals surface area contributed by atoms with Gasteiger partial charge in [-0.05, 0) is 40.5 Å². The van der Waals surface area contributed by atoms with Crippen molar-refractivity contribution in [2.45, 2.75) is 19.6 Å². The summed E-state index contributed by atoms with van der Waals surface area (Å²) in [5.74, 6) is 0. The van der Waals surface area contributed by atoms with Crippen molar-refractivity contribution in [1.29, 1.82) is 0 Å². The lowest BCUT2D eigenvalue weighted by atomic mass is 9.93. The zero-order valence-electron chi connectivity index (χ0n) is 16.7. The van der Waals surface area contributed by atoms with Gasteiger partial charge in [0.25, 0.3) is 0 Å². The molecule has 3 aromatic carbocycles. The molecule has 4 aromatic rings. The van der Waals surface area contributed by atoms with E-state index in [9.17, 15) is 0 Å². The average molecular weight is 380 g/mol. The van der Waals surface area contributed by atoms with E-state index in [0.717, 1.165) is 5.69 Å². The van der Waals surface area contributed by atoms with Gasteiger partial charge in [-0.1, -0.05) is 98.5 Å². The van der Waals surface area contributed by atoms with Gasteiger partial charge in [-0.3, -0.25) is 4.98 Å². The standard InChI is InChI=1S/C26H25NSi/c1-28(2,3)26-18-10-17-25(27-26)22-14-9-13-21(19-22)24-16-8-7-15-23(24)20-11-5-4-6-12-20/h4-19H,1-3H3. The quantitative estimate of drug-likeness (QED) is 0.363. The fourth-order valence-electron chi connectivity index (χ4n) is 3.46. The molecule has 0 radical (unpaired) electrons. The average Bonchev–Trinajstić information content (AvgIpc) is 2.74. The second-order valence-electron chi connectivity index (χ2n) is 8.15. The number of aromatic nitrogens is 1. The number of hydrogen-bond acceptors (Lipinski definition) is 1. The van der Waals surface area contributed by atoms with Crippen LogP contribution in [0.3, 0.4) is 0 Å². The largest absolute Gasteiger partial charge is 0.258 e. The third-order valence-electron chi connectivity index (χ3n) is 5.00. The van der Waals surface area contributed by atoms with Crippen molar-refractivity contribution in [1.82, 2.24) is 4.98 Å². The maximum atomic E-state index is 4.99. The lowest BCUT2D eigenvalue weighted by Crippen LogP contribution is -2.39. The number of benzene rings is 3. The van der Waals surface area contributed by atoms with E-state index in [0.29, 0.717) is 0 Å². The minimum absolute atomic E-state index is 1.05. The van der Waals surface area contributed by atoms with E-state index in [4.69, 9.17) is 4.98 Å². The summed E-state index contributed by atoms with van der Waals surface area (Å²) in [5, 5.41) is 1.25. The molecule has 4 rings (SSSR count). The van der Waals surface area contributed by atoms with E-state index < -0.39 is 8.07 Å². The van der Waals surface area contributed by atoms with Gasteiger partial charge in [0.1, 0.15) is 8.07 Å². The molecular weight excluding hydrogens is 354 g/mol. The van der Waals surface area contributed by atoms with Gasteiger partial charge < -0.3 is 0 Å². The van der Waals surface area contributed by atoms with Crippen LogP contribution in [0.15, 0.2) is 97.1 Å². The monoisotopic (exact) mass is 379 g/mol. The smallest absolute Gasteiger partial charge is 0.101 e. The Morgan fingerprint density at radius 1 is 0.536 bits per heavy atom. The van der Waals surface area contributed by atoms with Crippen molar-refractivity contribution in [2.24, 2.45) is 0 Å². The zero-order valence-corrected chi connectivity index (χ0v) is 17.7. The zero-order chi connectivity index (χ0) is 19.6. The van der Waals surface area contributed by atoms with Gasteiger partial charge in [-0.2, -0.15) is 0 Å². The van der Waals surface area contributed by atoms with Gasteiger partial charge in [0.05, 0.1) is 5.69 Å². The van der Waals surface area contributed by atoms with Crippen LogP contribution in [0, 0.1) is 0 Å². The molecule has 0 fully saturated rings. The second kappa shape index (κ2) is 7.57. The van der Waals surface area contributed by atoms with Crippen LogP contribution in [-0.2, 0) is 0 Å². The van der Waals surface area contributed by atoms with Crippen LogP contribution in [0.4, 0.5) is 0 Å². The van der Waals surface area contributed by atoms with Gasteiger partial charge in [0, 0.05) is 10.9 Å². The van der Waals surface area contributed by atoms with Gasteiger partial charge >= 0.3 is 0 Å². The number of hydrogen-bond donors (Lipinski definition) is 0. The summed E-state index contributed by atoms with van der Waals surface area (Å²) in [4.78, 5) is 4.99. The van der Waals surface area contributed by atoms with Crippen LogP contribution in [0.5, 0.6) is 0 Å². The molecular formula is C26H25NSi. The highest BCUT2D eigenvalue weighted by atomic mass is 28.3. The first-order chi connectivity index (χ1) is 13.5. The molecule has 0 amide bonds. The molecule has 0 bridgehead atoms. The third kappa shape index (κ3) is 3.83. The Morgan fingerprint density at radius 2 is 1.11 bits per heavy atom. The number of pyridine rings is 1. The Morgan fingerprint density at radius 3 is 1.82 bits per heavy atom. The van der Waals surface area contributed by atoms with Crippen LogP contribution in [0.2, 0.25) is 19.6 Å². The van der Waals surface area contributed by atoms with Crippen molar-refractivity contribution >= 4 is 13.4 Å². The molecule has 1 aromatic heterocycles. The number of rotatable bonds is 4. The molecule has 0 aliphatic heterocycles. The van der Waals surface area contributed by atoms with Gasteiger partial charge in [0.15, 0.2) is 0 Å². The lowest BCUT2D eigenvalue weighted by molar-refractivity contribution is 1.35. The van der Waals surface area contributed by atoms with Crippen molar-refractivity contribution in [2.75, 3.05) is 0 Å². The van der Waals surface area contributed by atoms with Crippen LogP contribution in [0.25, 0.3) is 33.5 Å². The lowest BCUT2D eigenvalue weighted by Gasteiger charge is -2.16. The SMILES string of the molecule is C[Si](C)(C)c1cccc(-c2cccc(-c3ccccc3-c3ccccc3)c2)n1. The Bertz CT molecular complexity index is 1090. The van der Waals surface area contributed by atoms with Gasteiger partial charge in [-0.15, -0.1) is 0 Å². The predicted molar refractivity (Wildman–Crippen MR) is 124 cm³/mol. The highest BCUT2D eigenvalue weighted by Crippen LogP contribution is 2.33. The Kier molecular flexibility index (Phi) is 4.97. The minimum Gasteiger partial charge on any atom is -0.258 e. The summed E-state index contributed by atoms with van der Waals surface area (Å²) in [6, 6.07) is 34.4. The van der Waals surface area contributed by atoms with E-state index in [1.54, 1.807) is 0 Å². The van der Waals surface area contributed by atoms with Crippen LogP contribution in [-0.4, -0.2) is 13.1 Å². The Balaban J connectivity index is 1.80. The summed E-state index contributed by atoms with van der Waals surface area (Å²) in [7, 11) is -1.44. The molecule has 2 heteroatoms. The Labute approximate surface area is 168 Å². The van der Waals surface area contributed by atoms with Crippen molar-refractivity contribution in [3.8, 4) is 33.5 Å². The first kappa shape index (κ1) is 18.4. The minimum atomic E-state index is -1.44. The summed E-state index contributed by atoms with van der Waals surface area (Å²) < 4.78 is 0. The number of nitrogens with zero attached hydrogens (tertiary/aromatic N) is 1. The molecule has 0 unspecified atom stereocenters. The molecule has 0 aliphatic carbocycles. The van der Waals surface area contributed by atoms with Crippen LogP contribution in [0.1, 0.15) is 0 Å². The molecule has 0 saturated heterocycles. The van der Waals surface area contributed by atoms with Crippen molar-refractivity contribution in [3.63, 3.8) is 0 Å². The normalized spacial score (nSPS) is 11.4. The first-order valence-corrected chi connectivity index (χ1v) is 13.3. The van der Waals surface area contributed by atoms with E-state index >= 15 is 0 Å². The third-order valence-corrected chi connectivity index (χ3v) is 6.81. The Hall–Kier alpha value is -2.97. The topological polar surface area (TPSA) is 12.9 Å². The summed E-state index contributed by atoms with van der Waals surface area (Å²) in [6.07, 6.45) is 0.